The van der Waals surface area contributed by atoms with Crippen LogP contribution in [0.1, 0.15) is 44.7 Å². The summed E-state index contributed by atoms with van der Waals surface area (Å²) < 4.78 is 69.8. The topological polar surface area (TPSA) is 137 Å². The lowest BCUT2D eigenvalue weighted by molar-refractivity contribution is -0.137. The van der Waals surface area contributed by atoms with Crippen LogP contribution in [0.4, 0.5) is 23.7 Å². The Hall–Kier alpha value is -2.85. The summed E-state index contributed by atoms with van der Waals surface area (Å²) in [5.41, 5.74) is -2.97. The van der Waals surface area contributed by atoms with E-state index < -0.39 is 61.8 Å². The van der Waals surface area contributed by atoms with Gasteiger partial charge in [-0.05, 0) is 51.8 Å². The maximum Gasteiger partial charge on any atom is 0.417 e. The lowest BCUT2D eigenvalue weighted by atomic mass is 10.1. The van der Waals surface area contributed by atoms with Gasteiger partial charge in [-0.15, -0.1) is 0 Å². The van der Waals surface area contributed by atoms with Gasteiger partial charge >= 0.3 is 12.3 Å². The van der Waals surface area contributed by atoms with E-state index in [1.165, 1.54) is 11.0 Å². The predicted octanol–water partition coefficient (Wildman–Crippen LogP) is 2.69. The molecule has 1 atom stereocenters. The van der Waals surface area contributed by atoms with Crippen molar-refractivity contribution in [1.82, 2.24) is 4.90 Å². The highest BCUT2D eigenvalue weighted by Crippen LogP contribution is 2.33. The number of aliphatic hydroxyl groups excluding tert-OH is 1. The van der Waals surface area contributed by atoms with Crippen LogP contribution in [0.2, 0.25) is 0 Å². The first-order chi connectivity index (χ1) is 15.5. The molecule has 188 valence electrons. The monoisotopic (exact) mass is 505 g/mol. The van der Waals surface area contributed by atoms with Crippen molar-refractivity contribution in [3.63, 3.8) is 0 Å². The van der Waals surface area contributed by atoms with Gasteiger partial charge in [-0.25, -0.2) is 13.2 Å². The molecule has 1 aromatic rings. The number of amides is 2. The number of sulfone groups is 1. The minimum absolute atomic E-state index is 0.0838. The number of alkyl halides is 3. The van der Waals surface area contributed by atoms with Crippen LogP contribution in [-0.4, -0.2) is 66.2 Å². The summed E-state index contributed by atoms with van der Waals surface area (Å²) in [7, 11) is -3.96. The van der Waals surface area contributed by atoms with E-state index >= 15 is 0 Å². The summed E-state index contributed by atoms with van der Waals surface area (Å²) in [4.78, 5) is 25.7. The number of halogens is 3. The first kappa shape index (κ1) is 27.4. The molecule has 0 saturated carbocycles. The number of nitriles is 1. The predicted molar refractivity (Wildman–Crippen MR) is 115 cm³/mol. The Morgan fingerprint density at radius 3 is 2.35 bits per heavy atom. The number of nitrogens with zero attached hydrogens (tertiary/aromatic N) is 2. The van der Waals surface area contributed by atoms with Gasteiger partial charge in [0.25, 0.3) is 5.91 Å². The molecule has 9 nitrogen and oxygen atoms in total. The van der Waals surface area contributed by atoms with Gasteiger partial charge in [0.2, 0.25) is 0 Å². The zero-order chi connectivity index (χ0) is 25.9. The van der Waals surface area contributed by atoms with Crippen molar-refractivity contribution in [3.8, 4) is 6.07 Å². The Balaban J connectivity index is 1.99. The zero-order valence-corrected chi connectivity index (χ0v) is 19.7. The largest absolute Gasteiger partial charge is 0.444 e. The third-order valence-electron chi connectivity index (χ3n) is 5.01. The molecule has 2 rings (SSSR count). The fourth-order valence-electron chi connectivity index (χ4n) is 3.34. The number of anilines is 1. The highest BCUT2D eigenvalue weighted by Gasteiger charge is 2.36. The molecule has 0 radical (unpaired) electrons. The molecule has 0 bridgehead atoms. The Kier molecular flexibility index (Phi) is 8.21. The molecule has 13 heteroatoms. The normalized spacial score (nSPS) is 16.5. The summed E-state index contributed by atoms with van der Waals surface area (Å²) in [6, 6.07) is 3.83. The highest BCUT2D eigenvalue weighted by atomic mass is 32.2. The van der Waals surface area contributed by atoms with Crippen molar-refractivity contribution < 1.29 is 41.0 Å². The number of rotatable bonds is 5. The van der Waals surface area contributed by atoms with Crippen LogP contribution in [0.25, 0.3) is 0 Å². The molecule has 0 aliphatic carbocycles. The number of likely N-dealkylation sites (tertiary alicyclic amines) is 1. The number of hydrogen-bond donors (Lipinski definition) is 2. The maximum atomic E-state index is 13.1. The SMILES string of the molecule is CC(C)(C)OC(=O)N1CCC(S(=O)(=O)C[C@H](O)C(=O)Nc2ccc(C#N)c(C(F)(F)F)c2)CC1. The smallest absolute Gasteiger partial charge is 0.417 e. The van der Waals surface area contributed by atoms with E-state index in [1.54, 1.807) is 20.8 Å². The lowest BCUT2D eigenvalue weighted by Crippen LogP contribution is -2.46. The molecular weight excluding hydrogens is 479 g/mol. The van der Waals surface area contributed by atoms with Crippen LogP contribution in [0.15, 0.2) is 18.2 Å². The van der Waals surface area contributed by atoms with Crippen LogP contribution < -0.4 is 5.32 Å². The molecule has 1 saturated heterocycles. The molecular formula is C21H26F3N3O6S. The number of hydrogen-bond acceptors (Lipinski definition) is 7. The number of nitrogens with one attached hydrogen (secondary N) is 1. The molecule has 1 aliphatic rings. The minimum Gasteiger partial charge on any atom is -0.444 e. The molecule has 1 fully saturated rings. The van der Waals surface area contributed by atoms with Gasteiger partial charge in [-0.2, -0.15) is 18.4 Å². The van der Waals surface area contributed by atoms with Crippen molar-refractivity contribution in [2.24, 2.45) is 0 Å². The Morgan fingerprint density at radius 2 is 1.85 bits per heavy atom. The molecule has 1 aromatic carbocycles. The minimum atomic E-state index is -4.85. The summed E-state index contributed by atoms with van der Waals surface area (Å²) in [6.07, 6.45) is -7.27. The quantitative estimate of drug-likeness (QED) is 0.628. The molecule has 0 aromatic heterocycles. The fourth-order valence-corrected chi connectivity index (χ4v) is 5.13. The lowest BCUT2D eigenvalue weighted by Gasteiger charge is -2.33. The summed E-state index contributed by atoms with van der Waals surface area (Å²) >= 11 is 0. The number of carbonyl (C=O) groups is 2. The second-order valence-corrected chi connectivity index (χ2v) is 11.2. The van der Waals surface area contributed by atoms with E-state index in [2.05, 4.69) is 0 Å². The van der Waals surface area contributed by atoms with Crippen molar-refractivity contribution >= 4 is 27.5 Å². The van der Waals surface area contributed by atoms with E-state index in [0.29, 0.717) is 6.07 Å². The molecule has 1 heterocycles. The van der Waals surface area contributed by atoms with E-state index in [0.717, 1.165) is 12.1 Å². The molecule has 34 heavy (non-hydrogen) atoms. The zero-order valence-electron chi connectivity index (χ0n) is 18.8. The van der Waals surface area contributed by atoms with E-state index in [4.69, 9.17) is 10.00 Å². The first-order valence-electron chi connectivity index (χ1n) is 10.3. The Morgan fingerprint density at radius 1 is 1.26 bits per heavy atom. The Labute approximate surface area is 195 Å². The number of carbonyl (C=O) groups excluding carboxylic acids is 2. The highest BCUT2D eigenvalue weighted by molar-refractivity contribution is 7.92. The van der Waals surface area contributed by atoms with Crippen molar-refractivity contribution in [2.45, 2.75) is 56.7 Å². The molecule has 2 N–H and O–H groups in total. The second-order valence-electron chi connectivity index (χ2n) is 8.87. The van der Waals surface area contributed by atoms with E-state index in [-0.39, 0.29) is 31.6 Å². The van der Waals surface area contributed by atoms with Crippen LogP contribution in [0.5, 0.6) is 0 Å². The van der Waals surface area contributed by atoms with Gasteiger partial charge in [0.1, 0.15) is 11.7 Å². The molecule has 2 amide bonds. The third kappa shape index (κ3) is 7.33. The van der Waals surface area contributed by atoms with Crippen molar-refractivity contribution in [1.29, 1.82) is 5.26 Å². The van der Waals surface area contributed by atoms with Gasteiger partial charge < -0.3 is 20.1 Å². The molecule has 1 aliphatic heterocycles. The average Bonchev–Trinajstić information content (AvgIpc) is 2.71. The maximum absolute atomic E-state index is 13.1. The third-order valence-corrected chi connectivity index (χ3v) is 7.27. The van der Waals surface area contributed by atoms with Crippen molar-refractivity contribution in [3.05, 3.63) is 29.3 Å². The van der Waals surface area contributed by atoms with Crippen LogP contribution in [-0.2, 0) is 25.5 Å². The molecule has 0 unspecified atom stereocenters. The summed E-state index contributed by atoms with van der Waals surface area (Å²) in [6.45, 7) is 5.35. The number of aliphatic hydroxyl groups is 1. The van der Waals surface area contributed by atoms with Gasteiger partial charge in [-0.3, -0.25) is 4.79 Å². The second kappa shape index (κ2) is 10.2. The van der Waals surface area contributed by atoms with Gasteiger partial charge in [-0.1, -0.05) is 0 Å². The van der Waals surface area contributed by atoms with E-state index in [9.17, 15) is 36.3 Å². The number of piperidine rings is 1. The molecule has 0 spiro atoms. The Bertz CT molecular complexity index is 1070. The van der Waals surface area contributed by atoms with Crippen molar-refractivity contribution in [2.75, 3.05) is 24.2 Å². The van der Waals surface area contributed by atoms with Gasteiger partial charge in [0.05, 0.1) is 28.2 Å². The summed E-state index contributed by atoms with van der Waals surface area (Å²) in [5.74, 6) is -2.13. The first-order valence-corrected chi connectivity index (χ1v) is 12.0. The van der Waals surface area contributed by atoms with E-state index in [1.807, 2.05) is 5.32 Å². The number of ether oxygens (including phenoxy) is 1. The van der Waals surface area contributed by atoms with Crippen LogP contribution >= 0.6 is 0 Å². The average molecular weight is 506 g/mol. The standard InChI is InChI=1S/C21H26F3N3O6S/c1-20(2,3)33-19(30)27-8-6-15(7-9-27)34(31,32)12-17(28)18(29)26-14-5-4-13(11-25)16(10-14)21(22,23)24/h4-5,10,15,17,28H,6-9,12H2,1-3H3,(H,26,29)/t17-/m0/s1. The van der Waals surface area contributed by atoms with Gasteiger partial charge in [0, 0.05) is 18.8 Å². The van der Waals surface area contributed by atoms with Crippen LogP contribution in [0, 0.1) is 11.3 Å². The summed E-state index contributed by atoms with van der Waals surface area (Å²) in [5, 5.41) is 20.1. The van der Waals surface area contributed by atoms with Gasteiger partial charge in [0.15, 0.2) is 9.84 Å². The van der Waals surface area contributed by atoms with Crippen LogP contribution in [0.3, 0.4) is 0 Å². The number of benzene rings is 1. The fraction of sp³-hybridized carbons (Fsp3) is 0.571.